The molecule has 0 spiro atoms. The number of rotatable bonds is 6. The maximum atomic E-state index is 11.8. The van der Waals surface area contributed by atoms with Crippen LogP contribution in [0.5, 0.6) is 0 Å². The van der Waals surface area contributed by atoms with E-state index in [1.807, 2.05) is 11.1 Å². The molecule has 128 valence electrons. The first-order valence-corrected chi connectivity index (χ1v) is 9.21. The van der Waals surface area contributed by atoms with Crippen molar-refractivity contribution >= 4 is 22.4 Å². The van der Waals surface area contributed by atoms with Crippen LogP contribution in [0.15, 0.2) is 6.20 Å². The Kier molecular flexibility index (Phi) is 5.50. The summed E-state index contributed by atoms with van der Waals surface area (Å²) < 4.78 is 5.39. The number of hydrogen-bond acceptors (Lipinski definition) is 6. The van der Waals surface area contributed by atoms with Crippen LogP contribution in [0, 0.1) is 5.92 Å². The number of thiazole rings is 1. The number of amides is 1. The summed E-state index contributed by atoms with van der Waals surface area (Å²) in [5.74, 6) is 0.761. The number of ether oxygens (including phenoxy) is 1. The number of aromatic nitrogens is 1. The minimum atomic E-state index is 0.304. The Morgan fingerprint density at radius 1 is 1.43 bits per heavy atom. The average Bonchev–Trinajstić information content (AvgIpc) is 3.14. The molecule has 3 rings (SSSR count). The van der Waals surface area contributed by atoms with Gasteiger partial charge in [-0.2, -0.15) is 0 Å². The molecular formula is C16H26N4O2S. The lowest BCUT2D eigenvalue weighted by Crippen LogP contribution is -2.36. The Labute approximate surface area is 142 Å². The van der Waals surface area contributed by atoms with Crippen LogP contribution in [-0.2, 0) is 16.1 Å². The van der Waals surface area contributed by atoms with Gasteiger partial charge in [-0.25, -0.2) is 4.98 Å². The second-order valence-corrected chi connectivity index (χ2v) is 7.50. The summed E-state index contributed by atoms with van der Waals surface area (Å²) in [6, 6.07) is 0. The van der Waals surface area contributed by atoms with Crippen molar-refractivity contribution in [2.75, 3.05) is 57.9 Å². The molecule has 0 saturated carbocycles. The molecule has 1 aromatic heterocycles. The molecule has 1 amide bonds. The average molecular weight is 338 g/mol. The highest BCUT2D eigenvalue weighted by Gasteiger charge is 2.29. The molecule has 7 heteroatoms. The number of morpholine rings is 1. The van der Waals surface area contributed by atoms with E-state index >= 15 is 0 Å². The van der Waals surface area contributed by atoms with Crippen LogP contribution in [0.1, 0.15) is 18.2 Å². The monoisotopic (exact) mass is 338 g/mol. The predicted molar refractivity (Wildman–Crippen MR) is 91.8 cm³/mol. The number of carbonyl (C=O) groups excluding carboxylic acids is 1. The van der Waals surface area contributed by atoms with Gasteiger partial charge in [0.2, 0.25) is 5.91 Å². The molecule has 0 aromatic carbocycles. The molecule has 6 nitrogen and oxygen atoms in total. The molecular weight excluding hydrogens is 312 g/mol. The van der Waals surface area contributed by atoms with E-state index in [9.17, 15) is 4.79 Å². The molecule has 2 aliphatic heterocycles. The fourth-order valence-electron chi connectivity index (χ4n) is 3.32. The zero-order chi connectivity index (χ0) is 16.2. The SMILES string of the molecule is CCN1CC(CN(C)Cc2cnc(N3CCOCC3)s2)CC1=O. The fourth-order valence-corrected chi connectivity index (χ4v) is 4.37. The van der Waals surface area contributed by atoms with Crippen molar-refractivity contribution in [3.05, 3.63) is 11.1 Å². The van der Waals surface area contributed by atoms with Gasteiger partial charge in [-0.15, -0.1) is 11.3 Å². The lowest BCUT2D eigenvalue weighted by Gasteiger charge is -2.26. The maximum Gasteiger partial charge on any atom is 0.222 e. The smallest absolute Gasteiger partial charge is 0.222 e. The molecule has 3 heterocycles. The third kappa shape index (κ3) is 4.22. The third-order valence-electron chi connectivity index (χ3n) is 4.49. The van der Waals surface area contributed by atoms with Crippen LogP contribution in [0.4, 0.5) is 5.13 Å². The molecule has 0 radical (unpaired) electrons. The van der Waals surface area contributed by atoms with Gasteiger partial charge in [0.1, 0.15) is 0 Å². The van der Waals surface area contributed by atoms with Crippen molar-refractivity contribution in [2.24, 2.45) is 5.92 Å². The lowest BCUT2D eigenvalue weighted by atomic mass is 10.1. The second-order valence-electron chi connectivity index (χ2n) is 6.41. The zero-order valence-electron chi connectivity index (χ0n) is 14.0. The minimum Gasteiger partial charge on any atom is -0.378 e. The van der Waals surface area contributed by atoms with Crippen LogP contribution in [0.25, 0.3) is 0 Å². The summed E-state index contributed by atoms with van der Waals surface area (Å²) >= 11 is 1.77. The topological polar surface area (TPSA) is 48.9 Å². The van der Waals surface area contributed by atoms with Gasteiger partial charge in [-0.1, -0.05) is 0 Å². The van der Waals surface area contributed by atoms with E-state index < -0.39 is 0 Å². The summed E-state index contributed by atoms with van der Waals surface area (Å²) in [5, 5.41) is 1.10. The normalized spacial score (nSPS) is 22.4. The Morgan fingerprint density at radius 3 is 2.91 bits per heavy atom. The van der Waals surface area contributed by atoms with Gasteiger partial charge in [-0.05, 0) is 19.9 Å². The Balaban J connectivity index is 1.49. The number of likely N-dealkylation sites (tertiary alicyclic amines) is 1. The highest BCUT2D eigenvalue weighted by molar-refractivity contribution is 7.15. The van der Waals surface area contributed by atoms with Crippen LogP contribution in [0.2, 0.25) is 0 Å². The van der Waals surface area contributed by atoms with E-state index in [0.29, 0.717) is 18.2 Å². The molecule has 2 fully saturated rings. The first-order chi connectivity index (χ1) is 11.2. The first kappa shape index (κ1) is 16.7. The molecule has 0 bridgehead atoms. The Hall–Kier alpha value is -1.18. The van der Waals surface area contributed by atoms with Crippen LogP contribution < -0.4 is 4.90 Å². The van der Waals surface area contributed by atoms with Gasteiger partial charge < -0.3 is 19.4 Å². The molecule has 1 aromatic rings. The molecule has 2 aliphatic rings. The quantitative estimate of drug-likeness (QED) is 0.782. The number of anilines is 1. The van der Waals surface area contributed by atoms with Gasteiger partial charge >= 0.3 is 0 Å². The highest BCUT2D eigenvalue weighted by Crippen LogP contribution is 2.25. The lowest BCUT2D eigenvalue weighted by molar-refractivity contribution is -0.127. The van der Waals surface area contributed by atoms with Crippen LogP contribution in [0.3, 0.4) is 0 Å². The van der Waals surface area contributed by atoms with Gasteiger partial charge in [0, 0.05) is 56.8 Å². The first-order valence-electron chi connectivity index (χ1n) is 8.39. The fraction of sp³-hybridized carbons (Fsp3) is 0.750. The number of hydrogen-bond donors (Lipinski definition) is 0. The number of carbonyl (C=O) groups is 1. The van der Waals surface area contributed by atoms with Gasteiger partial charge in [0.05, 0.1) is 13.2 Å². The second kappa shape index (κ2) is 7.59. The van der Waals surface area contributed by atoms with E-state index in [1.54, 1.807) is 11.3 Å². The van der Waals surface area contributed by atoms with Crippen molar-refractivity contribution in [3.63, 3.8) is 0 Å². The Morgan fingerprint density at radius 2 is 2.22 bits per heavy atom. The third-order valence-corrected chi connectivity index (χ3v) is 5.54. The molecule has 0 N–H and O–H groups in total. The molecule has 0 aliphatic carbocycles. The molecule has 23 heavy (non-hydrogen) atoms. The van der Waals surface area contributed by atoms with Crippen molar-refractivity contribution in [1.29, 1.82) is 0 Å². The van der Waals surface area contributed by atoms with E-state index in [1.165, 1.54) is 4.88 Å². The standard InChI is InChI=1S/C16H26N4O2S/c1-3-19-11-13(8-15(19)21)10-18(2)12-14-9-17-16(23-14)20-4-6-22-7-5-20/h9,13H,3-8,10-12H2,1-2H3. The summed E-state index contributed by atoms with van der Waals surface area (Å²) in [7, 11) is 2.13. The molecule has 1 atom stereocenters. The van der Waals surface area contributed by atoms with Gasteiger partial charge in [-0.3, -0.25) is 4.79 Å². The van der Waals surface area contributed by atoms with E-state index in [-0.39, 0.29) is 0 Å². The minimum absolute atomic E-state index is 0.304. The largest absolute Gasteiger partial charge is 0.378 e. The summed E-state index contributed by atoms with van der Waals surface area (Å²) in [4.78, 5) is 24.2. The van der Waals surface area contributed by atoms with Crippen molar-refractivity contribution in [2.45, 2.75) is 19.9 Å². The zero-order valence-corrected chi connectivity index (χ0v) is 14.8. The van der Waals surface area contributed by atoms with Crippen LogP contribution in [-0.4, -0.2) is 73.7 Å². The molecule has 1 unspecified atom stereocenters. The summed E-state index contributed by atoms with van der Waals surface area (Å²) in [6.07, 6.45) is 2.68. The maximum absolute atomic E-state index is 11.8. The van der Waals surface area contributed by atoms with Crippen molar-refractivity contribution < 1.29 is 9.53 Å². The molecule has 2 saturated heterocycles. The summed E-state index contributed by atoms with van der Waals surface area (Å²) in [6.45, 7) is 9.09. The van der Waals surface area contributed by atoms with Gasteiger partial charge in [0.15, 0.2) is 5.13 Å². The van der Waals surface area contributed by atoms with Gasteiger partial charge in [0.25, 0.3) is 0 Å². The summed E-state index contributed by atoms with van der Waals surface area (Å²) in [5.41, 5.74) is 0. The predicted octanol–water partition coefficient (Wildman–Crippen LogP) is 1.28. The van der Waals surface area contributed by atoms with E-state index in [2.05, 4.69) is 28.8 Å². The highest BCUT2D eigenvalue weighted by atomic mass is 32.1. The van der Waals surface area contributed by atoms with E-state index in [0.717, 1.165) is 57.6 Å². The Bertz CT molecular complexity index is 530. The van der Waals surface area contributed by atoms with Crippen molar-refractivity contribution in [3.8, 4) is 0 Å². The van der Waals surface area contributed by atoms with Crippen molar-refractivity contribution in [1.82, 2.24) is 14.8 Å². The van der Waals surface area contributed by atoms with Crippen LogP contribution >= 0.6 is 11.3 Å². The van der Waals surface area contributed by atoms with E-state index in [4.69, 9.17) is 4.74 Å². The number of nitrogens with zero attached hydrogens (tertiary/aromatic N) is 4.